The first kappa shape index (κ1) is 29.3. The number of rotatable bonds is 6. The average molecular weight is 602 g/mol. The molecule has 2 bridgehead atoms. The van der Waals surface area contributed by atoms with Crippen molar-refractivity contribution in [3.05, 3.63) is 64.7 Å². The van der Waals surface area contributed by atoms with Gasteiger partial charge in [-0.15, -0.1) is 0 Å². The SMILES string of the molecule is O=C([C@H](c1ccccc1)C(F)(F)F)N1CCC(CC2CCN(c3ccc(C(=O)N4[C@H]5CC[C@@H]4CC5)c(Cl)c3)CC2)CC1. The van der Waals surface area contributed by atoms with Crippen molar-refractivity contribution in [2.75, 3.05) is 31.1 Å². The number of hydrogen-bond acceptors (Lipinski definition) is 3. The zero-order valence-corrected chi connectivity index (χ0v) is 24.6. The van der Waals surface area contributed by atoms with Crippen LogP contribution in [-0.2, 0) is 4.79 Å². The van der Waals surface area contributed by atoms with Gasteiger partial charge in [-0.3, -0.25) is 9.59 Å². The minimum Gasteiger partial charge on any atom is -0.371 e. The van der Waals surface area contributed by atoms with Crippen LogP contribution in [-0.4, -0.2) is 66.1 Å². The molecule has 5 nitrogen and oxygen atoms in total. The fraction of sp³-hybridized carbons (Fsp3) is 0.576. The highest BCUT2D eigenvalue weighted by Crippen LogP contribution is 2.40. The normalized spacial score (nSPS) is 24.3. The lowest BCUT2D eigenvalue weighted by Crippen LogP contribution is -2.45. The summed E-state index contributed by atoms with van der Waals surface area (Å²) < 4.78 is 41.5. The summed E-state index contributed by atoms with van der Waals surface area (Å²) in [6, 6.07) is 14.1. The Morgan fingerprint density at radius 2 is 1.38 bits per heavy atom. The third-order valence-electron chi connectivity index (χ3n) is 10.2. The first-order valence-corrected chi connectivity index (χ1v) is 15.8. The van der Waals surface area contributed by atoms with Crippen molar-refractivity contribution in [3.8, 4) is 0 Å². The molecule has 1 atom stereocenters. The molecule has 42 heavy (non-hydrogen) atoms. The van der Waals surface area contributed by atoms with Crippen molar-refractivity contribution in [1.82, 2.24) is 9.80 Å². The van der Waals surface area contributed by atoms with E-state index in [0.717, 1.165) is 76.6 Å². The maximum atomic E-state index is 13.8. The first-order chi connectivity index (χ1) is 20.2. The van der Waals surface area contributed by atoms with Gasteiger partial charge in [-0.25, -0.2) is 0 Å². The number of fused-ring (bicyclic) bond motifs is 2. The fourth-order valence-electron chi connectivity index (χ4n) is 7.84. The zero-order chi connectivity index (χ0) is 29.4. The highest BCUT2D eigenvalue weighted by atomic mass is 35.5. The van der Waals surface area contributed by atoms with Crippen molar-refractivity contribution < 1.29 is 22.8 Å². The summed E-state index contributed by atoms with van der Waals surface area (Å²) in [5.41, 5.74) is 1.65. The van der Waals surface area contributed by atoms with Crippen LogP contribution in [0.3, 0.4) is 0 Å². The Morgan fingerprint density at radius 1 is 0.810 bits per heavy atom. The average Bonchev–Trinajstić information content (AvgIpc) is 3.58. The Kier molecular flexibility index (Phi) is 8.45. The summed E-state index contributed by atoms with van der Waals surface area (Å²) in [6.07, 6.45) is 4.41. The largest absolute Gasteiger partial charge is 0.404 e. The molecule has 0 N–H and O–H groups in total. The molecule has 0 saturated carbocycles. The van der Waals surface area contributed by atoms with E-state index in [1.54, 1.807) is 18.2 Å². The summed E-state index contributed by atoms with van der Waals surface area (Å²) in [6.45, 7) is 2.58. The molecule has 9 heteroatoms. The first-order valence-electron chi connectivity index (χ1n) is 15.5. The molecule has 4 fully saturated rings. The van der Waals surface area contributed by atoms with Crippen LogP contribution in [0.15, 0.2) is 48.5 Å². The van der Waals surface area contributed by atoms with Crippen LogP contribution in [0.1, 0.15) is 79.6 Å². The van der Waals surface area contributed by atoms with Gasteiger partial charge in [-0.1, -0.05) is 41.9 Å². The van der Waals surface area contributed by atoms with E-state index in [-0.39, 0.29) is 11.5 Å². The molecule has 2 amide bonds. The van der Waals surface area contributed by atoms with E-state index in [1.807, 2.05) is 18.2 Å². The van der Waals surface area contributed by atoms with E-state index in [1.165, 1.54) is 17.0 Å². The Balaban J connectivity index is 0.982. The van der Waals surface area contributed by atoms with Gasteiger partial charge in [0.05, 0.1) is 10.6 Å². The fourth-order valence-corrected chi connectivity index (χ4v) is 8.10. The second-order valence-corrected chi connectivity index (χ2v) is 13.1. The molecule has 0 aliphatic carbocycles. The van der Waals surface area contributed by atoms with Crippen molar-refractivity contribution in [1.29, 1.82) is 0 Å². The predicted molar refractivity (Wildman–Crippen MR) is 158 cm³/mol. The van der Waals surface area contributed by atoms with Gasteiger partial charge in [0, 0.05) is 44.0 Å². The summed E-state index contributed by atoms with van der Waals surface area (Å²) in [5.74, 6) is -1.89. The minimum atomic E-state index is -4.61. The molecule has 0 spiro atoms. The Bertz CT molecular complexity index is 1250. The van der Waals surface area contributed by atoms with Gasteiger partial charge < -0.3 is 14.7 Å². The lowest BCUT2D eigenvalue weighted by Gasteiger charge is -2.38. The third kappa shape index (κ3) is 6.01. The molecular weight excluding hydrogens is 563 g/mol. The Morgan fingerprint density at radius 3 is 1.93 bits per heavy atom. The minimum absolute atomic E-state index is 0.00454. The van der Waals surface area contributed by atoms with Crippen molar-refractivity contribution in [2.45, 2.75) is 82.0 Å². The van der Waals surface area contributed by atoms with E-state index in [2.05, 4.69) is 9.80 Å². The molecular formula is C33H39ClF3N3O2. The van der Waals surface area contributed by atoms with Crippen molar-refractivity contribution in [2.24, 2.45) is 11.8 Å². The maximum Gasteiger partial charge on any atom is 0.404 e. The molecule has 226 valence electrons. The molecule has 6 rings (SSSR count). The van der Waals surface area contributed by atoms with Crippen LogP contribution in [0.25, 0.3) is 0 Å². The lowest BCUT2D eigenvalue weighted by atomic mass is 9.82. The van der Waals surface area contributed by atoms with Gasteiger partial charge in [0.1, 0.15) is 0 Å². The Hall–Kier alpha value is -2.74. The third-order valence-corrected chi connectivity index (χ3v) is 10.5. The highest BCUT2D eigenvalue weighted by molar-refractivity contribution is 6.34. The molecule has 0 aromatic heterocycles. The number of likely N-dealkylation sites (tertiary alicyclic amines) is 1. The lowest BCUT2D eigenvalue weighted by molar-refractivity contribution is -0.173. The van der Waals surface area contributed by atoms with Crippen molar-refractivity contribution >= 4 is 29.1 Å². The van der Waals surface area contributed by atoms with Crippen LogP contribution >= 0.6 is 11.6 Å². The van der Waals surface area contributed by atoms with Crippen LogP contribution in [0.4, 0.5) is 18.9 Å². The number of carbonyl (C=O) groups excluding carboxylic acids is 2. The van der Waals surface area contributed by atoms with Gasteiger partial charge in [-0.05, 0) is 93.4 Å². The maximum absolute atomic E-state index is 13.8. The topological polar surface area (TPSA) is 43.9 Å². The number of piperidine rings is 2. The van der Waals surface area contributed by atoms with Crippen LogP contribution in [0, 0.1) is 11.8 Å². The van der Waals surface area contributed by atoms with E-state index in [9.17, 15) is 22.8 Å². The smallest absolute Gasteiger partial charge is 0.371 e. The molecule has 2 aromatic carbocycles. The van der Waals surface area contributed by atoms with Crippen LogP contribution in [0.5, 0.6) is 0 Å². The van der Waals surface area contributed by atoms with E-state index in [0.29, 0.717) is 47.6 Å². The Labute approximate surface area is 251 Å². The second kappa shape index (κ2) is 12.1. The molecule has 4 aliphatic rings. The zero-order valence-electron chi connectivity index (χ0n) is 23.9. The van der Waals surface area contributed by atoms with Crippen LogP contribution < -0.4 is 4.90 Å². The van der Waals surface area contributed by atoms with Gasteiger partial charge in [0.15, 0.2) is 5.92 Å². The highest BCUT2D eigenvalue weighted by Gasteiger charge is 2.48. The number of carbonyl (C=O) groups is 2. The number of nitrogens with zero attached hydrogens (tertiary/aromatic N) is 3. The van der Waals surface area contributed by atoms with Gasteiger partial charge >= 0.3 is 6.18 Å². The van der Waals surface area contributed by atoms with E-state index < -0.39 is 18.0 Å². The van der Waals surface area contributed by atoms with E-state index in [4.69, 9.17) is 11.6 Å². The molecule has 4 aliphatic heterocycles. The number of anilines is 1. The van der Waals surface area contributed by atoms with Crippen molar-refractivity contribution in [3.63, 3.8) is 0 Å². The molecule has 4 saturated heterocycles. The molecule has 2 aromatic rings. The number of halogens is 4. The quantitative estimate of drug-likeness (QED) is 0.349. The predicted octanol–water partition coefficient (Wildman–Crippen LogP) is 7.30. The molecule has 0 radical (unpaired) electrons. The second-order valence-electron chi connectivity index (χ2n) is 12.7. The number of alkyl halides is 3. The van der Waals surface area contributed by atoms with Gasteiger partial charge in [0.2, 0.25) is 5.91 Å². The summed E-state index contributed by atoms with van der Waals surface area (Å²) in [7, 11) is 0. The number of hydrogen-bond donors (Lipinski definition) is 0. The molecule has 4 heterocycles. The van der Waals surface area contributed by atoms with Crippen LogP contribution in [0.2, 0.25) is 5.02 Å². The summed E-state index contributed by atoms with van der Waals surface area (Å²) in [4.78, 5) is 32.0. The summed E-state index contributed by atoms with van der Waals surface area (Å²) in [5, 5.41) is 0.521. The van der Waals surface area contributed by atoms with Gasteiger partial charge in [-0.2, -0.15) is 13.2 Å². The van der Waals surface area contributed by atoms with E-state index >= 15 is 0 Å². The summed E-state index contributed by atoms with van der Waals surface area (Å²) >= 11 is 6.64. The number of benzene rings is 2. The number of amides is 2. The van der Waals surface area contributed by atoms with Gasteiger partial charge in [0.25, 0.3) is 5.91 Å². The monoisotopic (exact) mass is 601 g/mol. The standard InChI is InChI=1S/C33H39ClF3N3O2/c34-29-21-27(10-11-28(29)31(41)40-25-6-7-26(40)9-8-25)38-16-12-22(13-17-38)20-23-14-18-39(19-15-23)32(42)30(33(35,36)37)24-4-2-1-3-5-24/h1-5,10-11,21-23,25-26,30H,6-9,12-20H2/t25-,26+,30-/m0/s1. The molecule has 0 unspecified atom stereocenters.